The van der Waals surface area contributed by atoms with Crippen LogP contribution in [0.4, 0.5) is 5.82 Å². The van der Waals surface area contributed by atoms with Gasteiger partial charge in [0.05, 0.1) is 17.9 Å². The second kappa shape index (κ2) is 9.36. The zero-order valence-electron chi connectivity index (χ0n) is 18.0. The van der Waals surface area contributed by atoms with Crippen LogP contribution in [0.15, 0.2) is 79.3 Å². The van der Waals surface area contributed by atoms with E-state index in [0.29, 0.717) is 17.3 Å². The molecule has 0 saturated heterocycles. The Morgan fingerprint density at radius 1 is 0.906 bits per heavy atom. The molecule has 0 fully saturated rings. The first-order valence-electron chi connectivity index (χ1n) is 10.5. The number of aromatic nitrogens is 5. The standard InChI is InChI=1S/C23H18N6O.C2H6/c24-21-18(4-2-12-26-21)22-28-20-10-9-19(16-3-1-11-25-13-16)27-23(20)29(22)17-7-5-15(14-30)6-8-17;1-2/h1-13,30H,14H2,(H2,24,26);1-2H3. The molecule has 4 heterocycles. The number of anilines is 1. The van der Waals surface area contributed by atoms with Crippen molar-refractivity contribution in [3.8, 4) is 28.3 Å². The second-order valence-electron chi connectivity index (χ2n) is 6.81. The summed E-state index contributed by atoms with van der Waals surface area (Å²) in [7, 11) is 0. The van der Waals surface area contributed by atoms with Gasteiger partial charge in [0.15, 0.2) is 11.5 Å². The summed E-state index contributed by atoms with van der Waals surface area (Å²) in [6.45, 7) is 3.98. The predicted octanol–water partition coefficient (Wildman–Crippen LogP) is 4.65. The Morgan fingerprint density at radius 3 is 2.38 bits per heavy atom. The van der Waals surface area contributed by atoms with Gasteiger partial charge in [-0.05, 0) is 54.1 Å². The number of hydrogen-bond donors (Lipinski definition) is 2. The van der Waals surface area contributed by atoms with Crippen molar-refractivity contribution in [3.63, 3.8) is 0 Å². The number of nitrogens with zero attached hydrogens (tertiary/aromatic N) is 5. The molecule has 0 saturated carbocycles. The lowest BCUT2D eigenvalue weighted by Crippen LogP contribution is -2.02. The van der Waals surface area contributed by atoms with Crippen molar-refractivity contribution in [2.75, 3.05) is 5.73 Å². The van der Waals surface area contributed by atoms with Gasteiger partial charge in [0.25, 0.3) is 0 Å². The molecule has 0 unspecified atom stereocenters. The number of nitrogens with two attached hydrogens (primary N) is 1. The molecule has 0 aliphatic heterocycles. The maximum atomic E-state index is 9.40. The highest BCUT2D eigenvalue weighted by molar-refractivity contribution is 5.84. The first kappa shape index (κ1) is 21.1. The summed E-state index contributed by atoms with van der Waals surface area (Å²) in [5, 5.41) is 9.40. The number of nitrogen functional groups attached to an aromatic ring is 1. The van der Waals surface area contributed by atoms with Gasteiger partial charge in [-0.3, -0.25) is 9.55 Å². The SMILES string of the molecule is CC.Nc1ncccc1-c1nc2ccc(-c3cccnc3)nc2n1-c1ccc(CO)cc1. The molecule has 5 aromatic rings. The molecular formula is C25H24N6O. The van der Waals surface area contributed by atoms with Crippen LogP contribution in [0.5, 0.6) is 0 Å². The monoisotopic (exact) mass is 424 g/mol. The molecule has 1 aromatic carbocycles. The van der Waals surface area contributed by atoms with Crippen LogP contribution < -0.4 is 5.73 Å². The molecule has 0 atom stereocenters. The molecule has 0 aliphatic carbocycles. The van der Waals surface area contributed by atoms with Crippen LogP contribution in [0.3, 0.4) is 0 Å². The lowest BCUT2D eigenvalue weighted by molar-refractivity contribution is 0.282. The van der Waals surface area contributed by atoms with Crippen LogP contribution >= 0.6 is 0 Å². The highest BCUT2D eigenvalue weighted by Crippen LogP contribution is 2.31. The molecule has 5 rings (SSSR count). The van der Waals surface area contributed by atoms with Crippen LogP contribution in [0.2, 0.25) is 0 Å². The second-order valence-corrected chi connectivity index (χ2v) is 6.81. The zero-order valence-corrected chi connectivity index (χ0v) is 18.0. The van der Waals surface area contributed by atoms with E-state index in [1.807, 2.05) is 79.1 Å². The maximum Gasteiger partial charge on any atom is 0.165 e. The average Bonchev–Trinajstić information content (AvgIpc) is 3.24. The van der Waals surface area contributed by atoms with Crippen molar-refractivity contribution in [1.82, 2.24) is 24.5 Å². The number of benzene rings is 1. The van der Waals surface area contributed by atoms with Crippen molar-refractivity contribution >= 4 is 17.0 Å². The van der Waals surface area contributed by atoms with Gasteiger partial charge in [-0.1, -0.05) is 26.0 Å². The number of hydrogen-bond acceptors (Lipinski definition) is 6. The molecule has 4 aromatic heterocycles. The third-order valence-corrected chi connectivity index (χ3v) is 4.92. The normalized spacial score (nSPS) is 10.6. The summed E-state index contributed by atoms with van der Waals surface area (Å²) in [5.41, 5.74) is 11.7. The van der Waals surface area contributed by atoms with Crippen LogP contribution in [0, 0.1) is 0 Å². The summed E-state index contributed by atoms with van der Waals surface area (Å²) in [6, 6.07) is 19.1. The maximum absolute atomic E-state index is 9.40. The minimum Gasteiger partial charge on any atom is -0.392 e. The third-order valence-electron chi connectivity index (χ3n) is 4.92. The van der Waals surface area contributed by atoms with E-state index in [-0.39, 0.29) is 6.61 Å². The Bertz CT molecular complexity index is 1330. The fourth-order valence-corrected chi connectivity index (χ4v) is 3.41. The van der Waals surface area contributed by atoms with Crippen molar-refractivity contribution in [2.45, 2.75) is 20.5 Å². The molecular weight excluding hydrogens is 400 g/mol. The Balaban J connectivity index is 0.00000119. The van der Waals surface area contributed by atoms with Crippen LogP contribution in [0.25, 0.3) is 39.5 Å². The van der Waals surface area contributed by atoms with Crippen molar-refractivity contribution < 1.29 is 5.11 Å². The first-order chi connectivity index (χ1) is 15.7. The third kappa shape index (κ3) is 3.93. The number of aliphatic hydroxyl groups excluding tert-OH is 1. The number of aliphatic hydroxyl groups is 1. The quantitative estimate of drug-likeness (QED) is 0.435. The molecule has 0 aliphatic rings. The van der Waals surface area contributed by atoms with Crippen molar-refractivity contribution in [2.24, 2.45) is 0 Å². The fourth-order valence-electron chi connectivity index (χ4n) is 3.41. The van der Waals surface area contributed by atoms with Crippen LogP contribution in [0.1, 0.15) is 19.4 Å². The van der Waals surface area contributed by atoms with E-state index >= 15 is 0 Å². The Kier molecular flexibility index (Phi) is 6.19. The van der Waals surface area contributed by atoms with Crippen molar-refractivity contribution in [1.29, 1.82) is 0 Å². The average molecular weight is 425 g/mol. The highest BCUT2D eigenvalue weighted by atomic mass is 16.3. The molecule has 32 heavy (non-hydrogen) atoms. The molecule has 160 valence electrons. The number of imidazole rings is 1. The largest absolute Gasteiger partial charge is 0.392 e. The summed E-state index contributed by atoms with van der Waals surface area (Å²) in [4.78, 5) is 18.1. The van der Waals surface area contributed by atoms with Gasteiger partial charge in [0.2, 0.25) is 0 Å². The van der Waals surface area contributed by atoms with E-state index in [4.69, 9.17) is 15.7 Å². The highest BCUT2D eigenvalue weighted by Gasteiger charge is 2.18. The molecule has 0 bridgehead atoms. The van der Waals surface area contributed by atoms with E-state index in [2.05, 4.69) is 9.97 Å². The molecule has 7 heteroatoms. The Morgan fingerprint density at radius 2 is 1.69 bits per heavy atom. The van der Waals surface area contributed by atoms with Gasteiger partial charge in [0.1, 0.15) is 11.3 Å². The van der Waals surface area contributed by atoms with Gasteiger partial charge in [0, 0.05) is 29.8 Å². The minimum atomic E-state index is -0.0171. The van der Waals surface area contributed by atoms with E-state index in [0.717, 1.165) is 33.6 Å². The van der Waals surface area contributed by atoms with Gasteiger partial charge in [-0.25, -0.2) is 15.0 Å². The van der Waals surface area contributed by atoms with Gasteiger partial charge in [-0.15, -0.1) is 0 Å². The van der Waals surface area contributed by atoms with Crippen molar-refractivity contribution in [3.05, 3.63) is 84.8 Å². The Hall–Kier alpha value is -4.10. The molecule has 0 radical (unpaired) electrons. The minimum absolute atomic E-state index is 0.0171. The van der Waals surface area contributed by atoms with Gasteiger partial charge < -0.3 is 10.8 Å². The summed E-state index contributed by atoms with van der Waals surface area (Å²) in [5.74, 6) is 1.05. The number of rotatable bonds is 4. The predicted molar refractivity (Wildman–Crippen MR) is 127 cm³/mol. The fraction of sp³-hybridized carbons (Fsp3) is 0.120. The van der Waals surface area contributed by atoms with E-state index < -0.39 is 0 Å². The zero-order chi connectivity index (χ0) is 22.5. The number of fused-ring (bicyclic) bond motifs is 1. The topological polar surface area (TPSA) is 103 Å². The number of pyridine rings is 3. The van der Waals surface area contributed by atoms with Crippen LogP contribution in [-0.4, -0.2) is 29.6 Å². The van der Waals surface area contributed by atoms with Gasteiger partial charge in [-0.2, -0.15) is 0 Å². The van der Waals surface area contributed by atoms with E-state index in [1.165, 1.54) is 0 Å². The lowest BCUT2D eigenvalue weighted by Gasteiger charge is -2.11. The summed E-state index contributed by atoms with van der Waals surface area (Å²) < 4.78 is 1.96. The van der Waals surface area contributed by atoms with Crippen LogP contribution in [-0.2, 0) is 6.61 Å². The summed E-state index contributed by atoms with van der Waals surface area (Å²) >= 11 is 0. The lowest BCUT2D eigenvalue weighted by atomic mass is 10.2. The molecule has 7 nitrogen and oxygen atoms in total. The summed E-state index contributed by atoms with van der Waals surface area (Å²) in [6.07, 6.45) is 5.17. The van der Waals surface area contributed by atoms with E-state index in [1.54, 1.807) is 18.6 Å². The van der Waals surface area contributed by atoms with E-state index in [9.17, 15) is 5.11 Å². The Labute approximate surface area is 186 Å². The smallest absolute Gasteiger partial charge is 0.165 e. The molecule has 0 amide bonds. The van der Waals surface area contributed by atoms with Gasteiger partial charge >= 0.3 is 0 Å². The molecule has 3 N–H and O–H groups in total. The molecule has 0 spiro atoms. The first-order valence-corrected chi connectivity index (χ1v) is 10.5.